The molecule has 0 saturated carbocycles. The second kappa shape index (κ2) is 7.91. The highest BCUT2D eigenvalue weighted by Crippen LogP contribution is 2.30. The van der Waals surface area contributed by atoms with E-state index in [-0.39, 0.29) is 16.6 Å². The number of hydrogen-bond donors (Lipinski definition) is 0. The number of sulfonamides is 1. The minimum atomic E-state index is -3.58. The fourth-order valence-corrected chi connectivity index (χ4v) is 4.99. The summed E-state index contributed by atoms with van der Waals surface area (Å²) in [7, 11) is -3.58. The molecule has 6 heteroatoms. The molecule has 0 aromatic heterocycles. The van der Waals surface area contributed by atoms with E-state index in [0.29, 0.717) is 23.7 Å². The average molecular weight is 392 g/mol. The van der Waals surface area contributed by atoms with E-state index >= 15 is 0 Å². The number of hydrogen-bond acceptors (Lipinski definition) is 3. The predicted molar refractivity (Wildman–Crippen MR) is 103 cm³/mol. The Bertz CT molecular complexity index is 876. The largest absolute Gasteiger partial charge is 0.295 e. The Morgan fingerprint density at radius 3 is 2.31 bits per heavy atom. The first-order valence-corrected chi connectivity index (χ1v) is 10.6. The molecule has 4 nitrogen and oxygen atoms in total. The maximum absolute atomic E-state index is 13.1. The standard InChI is InChI=1S/C20H22ClNO3S/c1-15(23)16-7-11-20(12-8-16)26(24,25)22-13-3-2-4-18(14-22)17-5-9-19(21)10-6-17/h5-12,18H,2-4,13-14H2,1H3. The Morgan fingerprint density at radius 1 is 1.04 bits per heavy atom. The fourth-order valence-electron chi connectivity index (χ4n) is 3.34. The van der Waals surface area contributed by atoms with Crippen molar-refractivity contribution in [1.29, 1.82) is 0 Å². The molecule has 1 aliphatic rings. The average Bonchev–Trinajstić information content (AvgIpc) is 2.89. The minimum Gasteiger partial charge on any atom is -0.295 e. The molecule has 1 saturated heterocycles. The van der Waals surface area contributed by atoms with Crippen molar-refractivity contribution in [3.05, 3.63) is 64.7 Å². The maximum Gasteiger partial charge on any atom is 0.243 e. The maximum atomic E-state index is 13.1. The van der Waals surface area contributed by atoms with Crippen LogP contribution in [-0.4, -0.2) is 31.6 Å². The number of nitrogens with zero attached hydrogens (tertiary/aromatic N) is 1. The Kier molecular flexibility index (Phi) is 5.80. The third-order valence-corrected chi connectivity index (χ3v) is 7.01. The first kappa shape index (κ1) is 19.1. The van der Waals surface area contributed by atoms with Crippen LogP contribution in [-0.2, 0) is 10.0 Å². The van der Waals surface area contributed by atoms with Gasteiger partial charge in [-0.15, -0.1) is 0 Å². The van der Waals surface area contributed by atoms with Gasteiger partial charge in [0.2, 0.25) is 10.0 Å². The molecule has 138 valence electrons. The third-order valence-electron chi connectivity index (χ3n) is 4.87. The molecule has 0 amide bonds. The van der Waals surface area contributed by atoms with Crippen molar-refractivity contribution in [3.63, 3.8) is 0 Å². The van der Waals surface area contributed by atoms with Gasteiger partial charge < -0.3 is 0 Å². The molecule has 0 bridgehead atoms. The Hall–Kier alpha value is -1.69. The summed E-state index contributed by atoms with van der Waals surface area (Å²) in [4.78, 5) is 11.6. The molecule has 0 aliphatic carbocycles. The van der Waals surface area contributed by atoms with Crippen LogP contribution < -0.4 is 0 Å². The quantitative estimate of drug-likeness (QED) is 0.721. The molecular formula is C20H22ClNO3S. The van der Waals surface area contributed by atoms with Crippen molar-refractivity contribution in [2.75, 3.05) is 13.1 Å². The number of ketones is 1. The van der Waals surface area contributed by atoms with Crippen LogP contribution in [0.1, 0.15) is 48.0 Å². The molecule has 1 atom stereocenters. The SMILES string of the molecule is CC(=O)c1ccc(S(=O)(=O)N2CCCCC(c3ccc(Cl)cc3)C2)cc1. The second-order valence-corrected chi connectivity index (χ2v) is 9.06. The highest BCUT2D eigenvalue weighted by atomic mass is 35.5. The Morgan fingerprint density at radius 2 is 1.69 bits per heavy atom. The van der Waals surface area contributed by atoms with E-state index in [4.69, 9.17) is 11.6 Å². The van der Waals surface area contributed by atoms with Gasteiger partial charge in [-0.05, 0) is 55.5 Å². The first-order valence-electron chi connectivity index (χ1n) is 8.74. The number of halogens is 1. The predicted octanol–water partition coefficient (Wildman–Crippen LogP) is 4.50. The number of carbonyl (C=O) groups is 1. The number of carbonyl (C=O) groups excluding carboxylic acids is 1. The molecule has 1 fully saturated rings. The lowest BCUT2D eigenvalue weighted by Gasteiger charge is -2.24. The molecular weight excluding hydrogens is 370 g/mol. The fraction of sp³-hybridized carbons (Fsp3) is 0.350. The zero-order chi connectivity index (χ0) is 18.7. The van der Waals surface area contributed by atoms with Gasteiger partial charge in [0.15, 0.2) is 5.78 Å². The molecule has 1 heterocycles. The van der Waals surface area contributed by atoms with Crippen molar-refractivity contribution >= 4 is 27.4 Å². The van der Waals surface area contributed by atoms with E-state index in [1.165, 1.54) is 19.1 Å². The lowest BCUT2D eigenvalue weighted by Crippen LogP contribution is -2.34. The van der Waals surface area contributed by atoms with Crippen LogP contribution in [0.25, 0.3) is 0 Å². The normalized spacial score (nSPS) is 19.1. The molecule has 0 spiro atoms. The van der Waals surface area contributed by atoms with Gasteiger partial charge in [-0.3, -0.25) is 4.79 Å². The highest BCUT2D eigenvalue weighted by molar-refractivity contribution is 7.89. The molecule has 0 N–H and O–H groups in total. The lowest BCUT2D eigenvalue weighted by molar-refractivity contribution is 0.101. The number of benzene rings is 2. The summed E-state index contributed by atoms with van der Waals surface area (Å²) < 4.78 is 27.7. The molecule has 3 rings (SSSR count). The van der Waals surface area contributed by atoms with Crippen LogP contribution in [0.2, 0.25) is 5.02 Å². The van der Waals surface area contributed by atoms with Gasteiger partial charge in [0.1, 0.15) is 0 Å². The van der Waals surface area contributed by atoms with Crippen molar-refractivity contribution < 1.29 is 13.2 Å². The third kappa shape index (κ3) is 4.17. The van der Waals surface area contributed by atoms with Gasteiger partial charge in [-0.1, -0.05) is 42.3 Å². The smallest absolute Gasteiger partial charge is 0.243 e. The molecule has 0 radical (unpaired) electrons. The lowest BCUT2D eigenvalue weighted by atomic mass is 9.95. The van der Waals surface area contributed by atoms with Crippen molar-refractivity contribution in [2.24, 2.45) is 0 Å². The summed E-state index contributed by atoms with van der Waals surface area (Å²) in [5.74, 6) is 0.0764. The second-order valence-electron chi connectivity index (χ2n) is 6.69. The van der Waals surface area contributed by atoms with E-state index < -0.39 is 10.0 Å². The van der Waals surface area contributed by atoms with Crippen LogP contribution >= 0.6 is 11.6 Å². The monoisotopic (exact) mass is 391 g/mol. The Balaban J connectivity index is 1.85. The van der Waals surface area contributed by atoms with Crippen LogP contribution in [0, 0.1) is 0 Å². The van der Waals surface area contributed by atoms with Crippen LogP contribution in [0.5, 0.6) is 0 Å². The van der Waals surface area contributed by atoms with Gasteiger partial charge in [0.05, 0.1) is 4.90 Å². The zero-order valence-electron chi connectivity index (χ0n) is 14.7. The van der Waals surface area contributed by atoms with Gasteiger partial charge in [-0.25, -0.2) is 8.42 Å². The Labute approximate surface area is 159 Å². The molecule has 2 aromatic carbocycles. The first-order chi connectivity index (χ1) is 12.4. The van der Waals surface area contributed by atoms with E-state index in [0.717, 1.165) is 24.8 Å². The van der Waals surface area contributed by atoms with E-state index in [9.17, 15) is 13.2 Å². The molecule has 1 unspecified atom stereocenters. The van der Waals surface area contributed by atoms with E-state index in [2.05, 4.69) is 0 Å². The molecule has 26 heavy (non-hydrogen) atoms. The number of Topliss-reactive ketones (excluding diaryl/α,β-unsaturated/α-hetero) is 1. The molecule has 1 aliphatic heterocycles. The van der Waals surface area contributed by atoms with E-state index in [1.807, 2.05) is 24.3 Å². The molecule has 2 aromatic rings. The van der Waals surface area contributed by atoms with Gasteiger partial charge in [-0.2, -0.15) is 4.31 Å². The van der Waals surface area contributed by atoms with Gasteiger partial charge in [0, 0.05) is 23.7 Å². The van der Waals surface area contributed by atoms with Gasteiger partial charge in [0.25, 0.3) is 0 Å². The summed E-state index contributed by atoms with van der Waals surface area (Å²) >= 11 is 5.97. The summed E-state index contributed by atoms with van der Waals surface area (Å²) in [5, 5.41) is 0.678. The topological polar surface area (TPSA) is 54.5 Å². The van der Waals surface area contributed by atoms with Gasteiger partial charge >= 0.3 is 0 Å². The van der Waals surface area contributed by atoms with Crippen LogP contribution in [0.4, 0.5) is 0 Å². The highest BCUT2D eigenvalue weighted by Gasteiger charge is 2.29. The zero-order valence-corrected chi connectivity index (χ0v) is 16.3. The summed E-state index contributed by atoms with van der Waals surface area (Å²) in [6.07, 6.45) is 2.79. The van der Waals surface area contributed by atoms with Crippen molar-refractivity contribution in [2.45, 2.75) is 37.0 Å². The summed E-state index contributed by atoms with van der Waals surface area (Å²) in [6.45, 7) is 2.44. The van der Waals surface area contributed by atoms with E-state index in [1.54, 1.807) is 16.4 Å². The summed E-state index contributed by atoms with van der Waals surface area (Å²) in [5.41, 5.74) is 1.63. The minimum absolute atomic E-state index is 0.0773. The van der Waals surface area contributed by atoms with Crippen molar-refractivity contribution in [1.82, 2.24) is 4.31 Å². The van der Waals surface area contributed by atoms with Crippen LogP contribution in [0.15, 0.2) is 53.4 Å². The van der Waals surface area contributed by atoms with Crippen molar-refractivity contribution in [3.8, 4) is 0 Å². The number of rotatable bonds is 4. The summed E-state index contributed by atoms with van der Waals surface area (Å²) in [6, 6.07) is 13.8. The van der Waals surface area contributed by atoms with Crippen LogP contribution in [0.3, 0.4) is 0 Å².